The molecule has 1 saturated carbocycles. The lowest BCUT2D eigenvalue weighted by molar-refractivity contribution is -0.0464. The van der Waals surface area contributed by atoms with Gasteiger partial charge < -0.3 is 10.4 Å². The lowest BCUT2D eigenvalue weighted by Crippen LogP contribution is -2.25. The summed E-state index contributed by atoms with van der Waals surface area (Å²) in [6, 6.07) is 14.7. The molecule has 1 fully saturated rings. The first-order valence-corrected chi connectivity index (χ1v) is 13.5. The van der Waals surface area contributed by atoms with Crippen molar-refractivity contribution in [1.29, 1.82) is 0 Å². The first-order chi connectivity index (χ1) is 17.9. The van der Waals surface area contributed by atoms with E-state index in [2.05, 4.69) is 5.32 Å². The van der Waals surface area contributed by atoms with Gasteiger partial charge in [-0.3, -0.25) is 9.35 Å². The van der Waals surface area contributed by atoms with Crippen molar-refractivity contribution in [2.75, 3.05) is 9.62 Å². The third-order valence-electron chi connectivity index (χ3n) is 6.64. The van der Waals surface area contributed by atoms with E-state index < -0.39 is 33.7 Å². The van der Waals surface area contributed by atoms with Crippen LogP contribution in [0.2, 0.25) is 0 Å². The van der Waals surface area contributed by atoms with E-state index >= 15 is 0 Å². The average molecular weight is 549 g/mol. The Morgan fingerprint density at radius 1 is 1.00 bits per heavy atom. The van der Waals surface area contributed by atoms with Crippen LogP contribution < -0.4 is 9.62 Å². The number of rotatable bonds is 8. The number of nitrogens with zero attached hydrogens (tertiary/aromatic N) is 1. The monoisotopic (exact) mass is 548 g/mol. The van der Waals surface area contributed by atoms with Crippen LogP contribution in [0.4, 0.5) is 30.2 Å². The minimum atomic E-state index is -4.93. The smallest absolute Gasteiger partial charge is 0.364 e. The minimum Gasteiger partial charge on any atom is -0.506 e. The van der Waals surface area contributed by atoms with Crippen LogP contribution in [0, 0.1) is 11.7 Å². The predicted octanol–water partition coefficient (Wildman–Crippen LogP) is 6.48. The van der Waals surface area contributed by atoms with Crippen LogP contribution in [0.25, 0.3) is 0 Å². The van der Waals surface area contributed by atoms with Crippen molar-refractivity contribution in [2.24, 2.45) is 5.92 Å². The van der Waals surface area contributed by atoms with Gasteiger partial charge in [0.2, 0.25) is 5.92 Å². The van der Waals surface area contributed by atoms with Crippen LogP contribution >= 0.6 is 0 Å². The molecule has 0 bridgehead atoms. The SMILES string of the molecule is O=C(Nc1ccc(O)c(N(c2ccc(F)cc2)S(=O)(=O)O)c1)c1ccc(CCC2CCC(F)(F)CC2)cc1. The molecule has 4 rings (SSSR count). The van der Waals surface area contributed by atoms with E-state index in [0.29, 0.717) is 29.1 Å². The van der Waals surface area contributed by atoms with E-state index in [4.69, 9.17) is 0 Å². The number of phenolic OH excluding ortho intramolecular Hbond substituents is 1. The fourth-order valence-corrected chi connectivity index (χ4v) is 5.31. The molecule has 0 radical (unpaired) electrons. The Labute approximate surface area is 218 Å². The van der Waals surface area contributed by atoms with Crippen molar-refractivity contribution in [3.05, 3.63) is 83.7 Å². The highest BCUT2D eigenvalue weighted by Gasteiger charge is 2.34. The van der Waals surface area contributed by atoms with Gasteiger partial charge in [0.1, 0.15) is 17.3 Å². The summed E-state index contributed by atoms with van der Waals surface area (Å²) in [6.45, 7) is 0. The van der Waals surface area contributed by atoms with Crippen LogP contribution in [-0.4, -0.2) is 29.9 Å². The lowest BCUT2D eigenvalue weighted by atomic mass is 9.83. The molecule has 3 aromatic rings. The Balaban J connectivity index is 1.44. The molecule has 0 atom stereocenters. The molecule has 0 heterocycles. The Kier molecular flexibility index (Phi) is 7.98. The van der Waals surface area contributed by atoms with Gasteiger partial charge in [-0.25, -0.2) is 17.5 Å². The first-order valence-electron chi connectivity index (χ1n) is 12.1. The Morgan fingerprint density at radius 3 is 2.24 bits per heavy atom. The maximum Gasteiger partial charge on any atom is 0.364 e. The number of amides is 1. The van der Waals surface area contributed by atoms with Gasteiger partial charge in [0, 0.05) is 24.1 Å². The molecule has 38 heavy (non-hydrogen) atoms. The van der Waals surface area contributed by atoms with Crippen molar-refractivity contribution < 1.29 is 36.0 Å². The minimum absolute atomic E-state index is 0.0678. The first kappa shape index (κ1) is 27.5. The predicted molar refractivity (Wildman–Crippen MR) is 138 cm³/mol. The van der Waals surface area contributed by atoms with Gasteiger partial charge in [0.25, 0.3) is 5.91 Å². The fourth-order valence-electron chi connectivity index (χ4n) is 4.52. The third kappa shape index (κ3) is 6.84. The highest BCUT2D eigenvalue weighted by molar-refractivity contribution is 7.87. The maximum atomic E-state index is 13.3. The van der Waals surface area contributed by atoms with Gasteiger partial charge in [0.15, 0.2) is 0 Å². The van der Waals surface area contributed by atoms with Crippen LogP contribution in [0.5, 0.6) is 5.75 Å². The molecule has 0 aliphatic heterocycles. The second-order valence-electron chi connectivity index (χ2n) is 9.41. The van der Waals surface area contributed by atoms with Crippen molar-refractivity contribution >= 4 is 33.3 Å². The number of alkyl halides is 2. The number of anilines is 3. The standard InChI is InChI=1S/C27H27F3N2O5S/c28-21-7-10-23(11-8-21)32(38(35,36)37)24-17-22(9-12-25(24)33)31-26(34)20-5-3-18(4-6-20)1-2-19-13-15-27(29,30)16-14-19/h3-12,17,19,33H,1-2,13-16H2,(H,31,34)(H,35,36,37). The molecule has 0 aromatic heterocycles. The molecule has 202 valence electrons. The number of phenols is 1. The van der Waals surface area contributed by atoms with Crippen molar-refractivity contribution in [2.45, 2.75) is 44.4 Å². The van der Waals surface area contributed by atoms with Crippen LogP contribution in [0.15, 0.2) is 66.7 Å². The van der Waals surface area contributed by atoms with E-state index in [0.717, 1.165) is 48.4 Å². The molecule has 0 spiro atoms. The third-order valence-corrected chi connectivity index (χ3v) is 7.51. The van der Waals surface area contributed by atoms with Crippen molar-refractivity contribution in [1.82, 2.24) is 0 Å². The zero-order valence-electron chi connectivity index (χ0n) is 20.3. The number of carbonyl (C=O) groups is 1. The largest absolute Gasteiger partial charge is 0.506 e. The summed E-state index contributed by atoms with van der Waals surface area (Å²) in [5.74, 6) is -3.91. The highest BCUT2D eigenvalue weighted by atomic mass is 32.2. The number of benzene rings is 3. The molecule has 1 amide bonds. The molecule has 3 aromatic carbocycles. The summed E-state index contributed by atoms with van der Waals surface area (Å²) in [5, 5.41) is 12.9. The summed E-state index contributed by atoms with van der Waals surface area (Å²) in [5.41, 5.74) is 0.953. The summed E-state index contributed by atoms with van der Waals surface area (Å²) >= 11 is 0. The average Bonchev–Trinajstić information content (AvgIpc) is 2.86. The maximum absolute atomic E-state index is 13.3. The number of hydrogen-bond donors (Lipinski definition) is 3. The van der Waals surface area contributed by atoms with Gasteiger partial charge in [-0.1, -0.05) is 12.1 Å². The number of carbonyl (C=O) groups excluding carboxylic acids is 1. The number of hydrogen-bond acceptors (Lipinski definition) is 4. The molecule has 1 aliphatic rings. The van der Waals surface area contributed by atoms with E-state index in [1.165, 1.54) is 6.07 Å². The zero-order valence-corrected chi connectivity index (χ0v) is 21.1. The Bertz CT molecular complexity index is 1390. The van der Waals surface area contributed by atoms with Crippen LogP contribution in [0.3, 0.4) is 0 Å². The van der Waals surface area contributed by atoms with Gasteiger partial charge in [0.05, 0.1) is 5.69 Å². The summed E-state index contributed by atoms with van der Waals surface area (Å²) in [4.78, 5) is 12.8. The van der Waals surface area contributed by atoms with Crippen molar-refractivity contribution in [3.63, 3.8) is 0 Å². The molecule has 11 heteroatoms. The normalized spacial score (nSPS) is 15.7. The molecular formula is C27H27F3N2O5S. The second kappa shape index (κ2) is 11.0. The highest BCUT2D eigenvalue weighted by Crippen LogP contribution is 2.38. The molecule has 3 N–H and O–H groups in total. The number of aromatic hydroxyl groups is 1. The molecule has 7 nitrogen and oxygen atoms in total. The molecule has 0 unspecified atom stereocenters. The lowest BCUT2D eigenvalue weighted by Gasteiger charge is -2.28. The summed E-state index contributed by atoms with van der Waals surface area (Å²) in [6.07, 6.45) is 2.41. The van der Waals surface area contributed by atoms with E-state index in [1.807, 2.05) is 0 Å². The second-order valence-corrected chi connectivity index (χ2v) is 10.7. The molecule has 0 saturated heterocycles. The van der Waals surface area contributed by atoms with Crippen LogP contribution in [0.1, 0.15) is 48.0 Å². The van der Waals surface area contributed by atoms with Crippen LogP contribution in [-0.2, 0) is 16.7 Å². The number of aryl methyl sites for hydroxylation is 1. The fraction of sp³-hybridized carbons (Fsp3) is 0.296. The Hall–Kier alpha value is -3.57. The summed E-state index contributed by atoms with van der Waals surface area (Å²) in [7, 11) is -4.93. The number of halogens is 3. The van der Waals surface area contributed by atoms with E-state index in [1.54, 1.807) is 24.3 Å². The van der Waals surface area contributed by atoms with E-state index in [9.17, 15) is 36.0 Å². The topological polar surface area (TPSA) is 107 Å². The van der Waals surface area contributed by atoms with Gasteiger partial charge in [-0.2, -0.15) is 8.42 Å². The zero-order chi connectivity index (χ0) is 27.5. The number of nitrogens with one attached hydrogen (secondary N) is 1. The summed E-state index contributed by atoms with van der Waals surface area (Å²) < 4.78 is 74.4. The van der Waals surface area contributed by atoms with Gasteiger partial charge in [-0.05, 0) is 91.8 Å². The quantitative estimate of drug-likeness (QED) is 0.221. The Morgan fingerprint density at radius 2 is 1.63 bits per heavy atom. The molecule has 1 aliphatic carbocycles. The molecular weight excluding hydrogens is 521 g/mol. The van der Waals surface area contributed by atoms with Gasteiger partial charge in [-0.15, -0.1) is 0 Å². The van der Waals surface area contributed by atoms with E-state index in [-0.39, 0.29) is 35.8 Å². The van der Waals surface area contributed by atoms with Crippen molar-refractivity contribution in [3.8, 4) is 5.75 Å². The van der Waals surface area contributed by atoms with Gasteiger partial charge >= 0.3 is 10.3 Å².